The van der Waals surface area contributed by atoms with E-state index in [1.807, 2.05) is 0 Å². The molecule has 1 nitrogen and oxygen atoms in total. The van der Waals surface area contributed by atoms with Gasteiger partial charge in [-0.2, -0.15) is 0 Å². The van der Waals surface area contributed by atoms with Crippen molar-refractivity contribution in [3.63, 3.8) is 0 Å². The summed E-state index contributed by atoms with van der Waals surface area (Å²) in [6.07, 6.45) is 63.3. The minimum absolute atomic E-state index is 0.942. The third-order valence-corrected chi connectivity index (χ3v) is 21.0. The molecule has 0 spiro atoms. The van der Waals surface area contributed by atoms with Gasteiger partial charge in [-0.25, -0.2) is 0 Å². The second-order valence-corrected chi connectivity index (χ2v) is 25.0. The van der Waals surface area contributed by atoms with Crippen LogP contribution in [0.15, 0.2) is 0 Å². The predicted octanol–water partition coefficient (Wildman–Crippen LogP) is 20.2. The van der Waals surface area contributed by atoms with Gasteiger partial charge in [0.05, 0.1) is 0 Å². The van der Waals surface area contributed by atoms with Gasteiger partial charge in [0.1, 0.15) is 0 Å². The Morgan fingerprint density at radius 1 is 0.286 bits per heavy atom. The van der Waals surface area contributed by atoms with E-state index in [0.29, 0.717) is 0 Å². The van der Waals surface area contributed by atoms with Gasteiger partial charge in [-0.3, -0.25) is 0 Å². The van der Waals surface area contributed by atoms with Gasteiger partial charge in [0.25, 0.3) is 0 Å². The minimum atomic E-state index is 0.942. The zero-order valence-corrected chi connectivity index (χ0v) is 43.6. The number of hydrogen-bond acceptors (Lipinski definition) is 1. The minimum Gasteiger partial charge on any atom is -0.381 e. The molecule has 2 atom stereocenters. The van der Waals surface area contributed by atoms with Gasteiger partial charge in [-0.1, -0.05) is 182 Å². The maximum atomic E-state index is 6.96. The van der Waals surface area contributed by atoms with Crippen molar-refractivity contribution < 1.29 is 4.74 Å². The second kappa shape index (κ2) is 30.4. The Kier molecular flexibility index (Phi) is 25.3. The average molecular weight is 876 g/mol. The fourth-order valence-corrected chi connectivity index (χ4v) is 16.9. The Balaban J connectivity index is 0.993. The van der Waals surface area contributed by atoms with Crippen LogP contribution in [0.4, 0.5) is 0 Å². The van der Waals surface area contributed by atoms with Crippen LogP contribution in [-0.4, -0.2) is 13.2 Å². The standard InChI is InChI=1S/C62H114O/c1-5-9-11-13-15-19-51-25-33-57(34-26-51)61(59-41-37-55(38-42-59)53-29-21-49(17-7-3)22-30-53)45-47-63-48-46-62(58-35-27-52(28-36-58)20-16-14-12-10-6-2)60-43-39-56(40-44-60)54-31-23-50(18-8-4)24-32-54/h49-62H,5-48H2,1-4H3. The highest BCUT2D eigenvalue weighted by molar-refractivity contribution is 4.90. The number of rotatable bonds is 28. The first-order chi connectivity index (χ1) is 31.1. The lowest BCUT2D eigenvalue weighted by molar-refractivity contribution is 0.0303. The van der Waals surface area contributed by atoms with Crippen LogP contribution in [0.25, 0.3) is 0 Å². The summed E-state index contributed by atoms with van der Waals surface area (Å²) in [4.78, 5) is 0. The van der Waals surface area contributed by atoms with E-state index in [2.05, 4.69) is 27.7 Å². The summed E-state index contributed by atoms with van der Waals surface area (Å²) in [7, 11) is 0. The van der Waals surface area contributed by atoms with E-state index in [-0.39, 0.29) is 0 Å². The highest BCUT2D eigenvalue weighted by Crippen LogP contribution is 2.50. The van der Waals surface area contributed by atoms with Crippen LogP contribution in [0, 0.1) is 82.9 Å². The summed E-state index contributed by atoms with van der Waals surface area (Å²) >= 11 is 0. The monoisotopic (exact) mass is 875 g/mol. The van der Waals surface area contributed by atoms with Crippen molar-refractivity contribution in [2.75, 3.05) is 13.2 Å². The van der Waals surface area contributed by atoms with Crippen molar-refractivity contribution in [1.82, 2.24) is 0 Å². The van der Waals surface area contributed by atoms with Crippen molar-refractivity contribution in [2.45, 2.75) is 297 Å². The quantitative estimate of drug-likeness (QED) is 0.0712. The van der Waals surface area contributed by atoms with E-state index in [0.717, 1.165) is 96.1 Å². The van der Waals surface area contributed by atoms with Crippen molar-refractivity contribution in [3.05, 3.63) is 0 Å². The molecule has 0 heterocycles. The lowest BCUT2D eigenvalue weighted by atomic mass is 9.63. The summed E-state index contributed by atoms with van der Waals surface area (Å²) in [5.41, 5.74) is 0. The van der Waals surface area contributed by atoms with Gasteiger partial charge < -0.3 is 4.74 Å². The molecule has 0 bridgehead atoms. The Hall–Kier alpha value is -0.0400. The van der Waals surface area contributed by atoms with Gasteiger partial charge in [-0.05, 0) is 198 Å². The molecule has 0 aromatic heterocycles. The molecule has 63 heavy (non-hydrogen) atoms. The van der Waals surface area contributed by atoms with Gasteiger partial charge in [0.2, 0.25) is 0 Å². The molecule has 6 saturated carbocycles. The van der Waals surface area contributed by atoms with E-state index in [4.69, 9.17) is 4.74 Å². The second-order valence-electron chi connectivity index (χ2n) is 25.0. The highest BCUT2D eigenvalue weighted by atomic mass is 16.5. The zero-order valence-electron chi connectivity index (χ0n) is 43.6. The summed E-state index contributed by atoms with van der Waals surface area (Å²) in [5, 5.41) is 0. The van der Waals surface area contributed by atoms with Crippen molar-refractivity contribution in [1.29, 1.82) is 0 Å². The van der Waals surface area contributed by atoms with E-state index >= 15 is 0 Å². The Morgan fingerprint density at radius 3 is 0.873 bits per heavy atom. The Bertz CT molecular complexity index is 994. The zero-order chi connectivity index (χ0) is 43.9. The summed E-state index contributed by atoms with van der Waals surface area (Å²) in [5.74, 6) is 14.2. The molecule has 6 aliphatic rings. The summed E-state index contributed by atoms with van der Waals surface area (Å²) in [6.45, 7) is 11.7. The lowest BCUT2D eigenvalue weighted by Crippen LogP contribution is -2.34. The van der Waals surface area contributed by atoms with E-state index < -0.39 is 0 Å². The lowest BCUT2D eigenvalue weighted by Gasteiger charge is -2.43. The molecule has 1 heteroatoms. The molecule has 6 fully saturated rings. The molecule has 0 aromatic rings. The van der Waals surface area contributed by atoms with Crippen LogP contribution in [0.1, 0.15) is 297 Å². The summed E-state index contributed by atoms with van der Waals surface area (Å²) < 4.78 is 6.96. The van der Waals surface area contributed by atoms with Crippen molar-refractivity contribution >= 4 is 0 Å². The van der Waals surface area contributed by atoms with Crippen LogP contribution in [0.3, 0.4) is 0 Å². The fraction of sp³-hybridized carbons (Fsp3) is 1.00. The van der Waals surface area contributed by atoms with Crippen molar-refractivity contribution in [3.8, 4) is 0 Å². The molecule has 0 amide bonds. The SMILES string of the molecule is CCCCCCCC1CCC(C(CCOCCC(C2CCC(CCCCCCC)CC2)C2CCC(C3CCC(CCC)CC3)CC2)C2CCC(C3CCC(CCC)CC3)CC2)CC1. The maximum Gasteiger partial charge on any atom is 0.0468 e. The molecule has 6 aliphatic carbocycles. The predicted molar refractivity (Wildman–Crippen MR) is 276 cm³/mol. The molecule has 0 N–H and O–H groups in total. The number of hydrogen-bond donors (Lipinski definition) is 0. The molecule has 0 aromatic carbocycles. The third kappa shape index (κ3) is 17.8. The average Bonchev–Trinajstić information content (AvgIpc) is 3.33. The molecule has 2 unspecified atom stereocenters. The van der Waals surface area contributed by atoms with E-state index in [1.54, 1.807) is 103 Å². The molecule has 6 rings (SSSR count). The number of ether oxygens (including phenoxy) is 1. The molecule has 0 aliphatic heterocycles. The van der Waals surface area contributed by atoms with Crippen molar-refractivity contribution in [2.24, 2.45) is 82.9 Å². The van der Waals surface area contributed by atoms with Crippen LogP contribution in [0.5, 0.6) is 0 Å². The first-order valence-electron chi connectivity index (χ1n) is 30.7. The van der Waals surface area contributed by atoms with Crippen LogP contribution < -0.4 is 0 Å². The molecule has 368 valence electrons. The maximum absolute atomic E-state index is 6.96. The van der Waals surface area contributed by atoms with Crippen LogP contribution in [0.2, 0.25) is 0 Å². The summed E-state index contributed by atoms with van der Waals surface area (Å²) in [6, 6.07) is 0. The van der Waals surface area contributed by atoms with Crippen LogP contribution >= 0.6 is 0 Å². The highest BCUT2D eigenvalue weighted by Gasteiger charge is 2.39. The van der Waals surface area contributed by atoms with E-state index in [9.17, 15) is 0 Å². The Morgan fingerprint density at radius 2 is 0.556 bits per heavy atom. The normalized spacial score (nSPS) is 35.6. The molecular formula is C62H114O. The van der Waals surface area contributed by atoms with Gasteiger partial charge in [0, 0.05) is 13.2 Å². The molecule has 0 saturated heterocycles. The topological polar surface area (TPSA) is 9.23 Å². The fourth-order valence-electron chi connectivity index (χ4n) is 16.9. The first-order valence-corrected chi connectivity index (χ1v) is 30.7. The third-order valence-electron chi connectivity index (χ3n) is 21.0. The largest absolute Gasteiger partial charge is 0.381 e. The first kappa shape index (κ1) is 52.3. The van der Waals surface area contributed by atoms with E-state index in [1.165, 1.54) is 167 Å². The smallest absolute Gasteiger partial charge is 0.0468 e. The van der Waals surface area contributed by atoms with Gasteiger partial charge >= 0.3 is 0 Å². The molecule has 0 radical (unpaired) electrons. The number of unbranched alkanes of at least 4 members (excludes halogenated alkanes) is 8. The van der Waals surface area contributed by atoms with Crippen LogP contribution in [-0.2, 0) is 4.74 Å². The Labute approximate surface area is 396 Å². The molecular weight excluding hydrogens is 761 g/mol. The van der Waals surface area contributed by atoms with Gasteiger partial charge in [-0.15, -0.1) is 0 Å². The van der Waals surface area contributed by atoms with Gasteiger partial charge in [0.15, 0.2) is 0 Å².